The van der Waals surface area contributed by atoms with Crippen LogP contribution < -0.4 is 0 Å². The van der Waals surface area contributed by atoms with E-state index in [-0.39, 0.29) is 0 Å². The van der Waals surface area contributed by atoms with Crippen LogP contribution in [0.15, 0.2) is 53.2 Å². The van der Waals surface area contributed by atoms with E-state index in [0.29, 0.717) is 30.5 Å². The lowest BCUT2D eigenvalue weighted by Gasteiger charge is -2.14. The molecule has 22 heavy (non-hydrogen) atoms. The average molecular weight is 315 g/mol. The Morgan fingerprint density at radius 3 is 2.68 bits per heavy atom. The summed E-state index contributed by atoms with van der Waals surface area (Å²) in [4.78, 5) is 10.6. The third-order valence-corrected chi connectivity index (χ3v) is 3.53. The van der Waals surface area contributed by atoms with E-state index in [1.807, 2.05) is 49.5 Å². The first-order chi connectivity index (χ1) is 10.7. The Morgan fingerprint density at radius 1 is 1.09 bits per heavy atom. The maximum atomic E-state index is 6.17. The van der Waals surface area contributed by atoms with Gasteiger partial charge in [-0.25, -0.2) is 0 Å². The molecule has 0 unspecified atom stereocenters. The molecular weight excluding hydrogens is 300 g/mol. The Kier molecular flexibility index (Phi) is 4.46. The van der Waals surface area contributed by atoms with Crippen molar-refractivity contribution in [3.63, 3.8) is 0 Å². The van der Waals surface area contributed by atoms with E-state index in [2.05, 4.69) is 20.0 Å². The van der Waals surface area contributed by atoms with Crippen LogP contribution in [0.1, 0.15) is 11.5 Å². The van der Waals surface area contributed by atoms with Crippen molar-refractivity contribution in [2.75, 3.05) is 7.05 Å². The molecular formula is C16H15ClN4O. The van der Waals surface area contributed by atoms with Crippen LogP contribution in [0.25, 0.3) is 11.5 Å². The highest BCUT2D eigenvalue weighted by Gasteiger charge is 2.12. The second kappa shape index (κ2) is 6.68. The van der Waals surface area contributed by atoms with Crippen LogP contribution >= 0.6 is 11.6 Å². The van der Waals surface area contributed by atoms with Gasteiger partial charge in [0.25, 0.3) is 0 Å². The Morgan fingerprint density at radius 2 is 1.91 bits per heavy atom. The molecule has 112 valence electrons. The predicted molar refractivity (Wildman–Crippen MR) is 84.2 cm³/mol. The van der Waals surface area contributed by atoms with Gasteiger partial charge >= 0.3 is 0 Å². The highest BCUT2D eigenvalue weighted by molar-refractivity contribution is 6.31. The summed E-state index contributed by atoms with van der Waals surface area (Å²) in [5.41, 5.74) is 1.77. The molecule has 0 atom stereocenters. The van der Waals surface area contributed by atoms with Gasteiger partial charge in [-0.15, -0.1) is 0 Å². The molecule has 0 saturated heterocycles. The zero-order valence-electron chi connectivity index (χ0n) is 12.1. The molecule has 0 fully saturated rings. The number of nitrogens with zero attached hydrogens (tertiary/aromatic N) is 4. The minimum atomic E-state index is 0.502. The molecule has 0 amide bonds. The first-order valence-corrected chi connectivity index (χ1v) is 7.26. The van der Waals surface area contributed by atoms with E-state index < -0.39 is 0 Å². The molecule has 5 nitrogen and oxygen atoms in total. The van der Waals surface area contributed by atoms with E-state index in [4.69, 9.17) is 16.1 Å². The Labute approximate surface area is 133 Å². The molecule has 0 aliphatic carbocycles. The minimum Gasteiger partial charge on any atom is -0.337 e. The van der Waals surface area contributed by atoms with E-state index in [0.717, 1.165) is 10.6 Å². The molecule has 0 radical (unpaired) electrons. The molecule has 0 spiro atoms. The molecule has 0 bridgehead atoms. The van der Waals surface area contributed by atoms with Crippen LogP contribution in [-0.4, -0.2) is 27.1 Å². The van der Waals surface area contributed by atoms with Gasteiger partial charge in [0.1, 0.15) is 5.69 Å². The Hall–Kier alpha value is -2.24. The number of benzene rings is 1. The van der Waals surface area contributed by atoms with E-state index in [1.165, 1.54) is 0 Å². The van der Waals surface area contributed by atoms with Crippen LogP contribution in [0.5, 0.6) is 0 Å². The molecule has 0 aliphatic rings. The van der Waals surface area contributed by atoms with Gasteiger partial charge in [0.05, 0.1) is 6.54 Å². The van der Waals surface area contributed by atoms with Crippen molar-refractivity contribution in [2.24, 2.45) is 0 Å². The topological polar surface area (TPSA) is 55.1 Å². The standard InChI is InChI=1S/C16H15ClN4O/c1-21(10-12-6-2-3-7-13(12)17)11-15-19-16(20-22-15)14-8-4-5-9-18-14/h2-9H,10-11H2,1H3. The van der Waals surface area contributed by atoms with Gasteiger partial charge in [0, 0.05) is 17.8 Å². The number of hydrogen-bond acceptors (Lipinski definition) is 5. The number of hydrogen-bond donors (Lipinski definition) is 0. The van der Waals surface area contributed by atoms with Crippen LogP contribution in [0.4, 0.5) is 0 Å². The highest BCUT2D eigenvalue weighted by Crippen LogP contribution is 2.18. The molecule has 0 aliphatic heterocycles. The zero-order chi connectivity index (χ0) is 15.4. The zero-order valence-corrected chi connectivity index (χ0v) is 12.9. The van der Waals surface area contributed by atoms with Gasteiger partial charge in [0.15, 0.2) is 0 Å². The SMILES string of the molecule is CN(Cc1nc(-c2ccccn2)no1)Cc1ccccc1Cl. The Bertz CT molecular complexity index is 745. The maximum absolute atomic E-state index is 6.17. The first kappa shape index (κ1) is 14.7. The number of rotatable bonds is 5. The van der Waals surface area contributed by atoms with Crippen LogP contribution in [0, 0.1) is 0 Å². The van der Waals surface area contributed by atoms with Gasteiger partial charge in [-0.3, -0.25) is 9.88 Å². The van der Waals surface area contributed by atoms with E-state index in [1.54, 1.807) is 6.20 Å². The third kappa shape index (κ3) is 3.50. The van der Waals surface area contributed by atoms with Gasteiger partial charge < -0.3 is 4.52 Å². The lowest BCUT2D eigenvalue weighted by atomic mass is 10.2. The maximum Gasteiger partial charge on any atom is 0.241 e. The normalized spacial score (nSPS) is 11.0. The largest absolute Gasteiger partial charge is 0.337 e. The smallest absolute Gasteiger partial charge is 0.241 e. The fraction of sp³-hybridized carbons (Fsp3) is 0.188. The van der Waals surface area contributed by atoms with Crippen molar-refractivity contribution in [3.05, 3.63) is 65.1 Å². The summed E-state index contributed by atoms with van der Waals surface area (Å²) in [5, 5.41) is 4.72. The lowest BCUT2D eigenvalue weighted by molar-refractivity contribution is 0.261. The molecule has 2 heterocycles. The second-order valence-electron chi connectivity index (χ2n) is 4.99. The van der Waals surface area contributed by atoms with Crippen LogP contribution in [0.2, 0.25) is 5.02 Å². The van der Waals surface area contributed by atoms with Crippen molar-refractivity contribution in [1.82, 2.24) is 20.0 Å². The summed E-state index contributed by atoms with van der Waals surface area (Å²) >= 11 is 6.17. The second-order valence-corrected chi connectivity index (χ2v) is 5.40. The summed E-state index contributed by atoms with van der Waals surface area (Å²) in [6, 6.07) is 13.4. The van der Waals surface area contributed by atoms with Crippen molar-refractivity contribution >= 4 is 11.6 Å². The van der Waals surface area contributed by atoms with Crippen molar-refractivity contribution in [1.29, 1.82) is 0 Å². The van der Waals surface area contributed by atoms with Crippen LogP contribution in [0.3, 0.4) is 0 Å². The Balaban J connectivity index is 1.66. The number of halogens is 1. The summed E-state index contributed by atoms with van der Waals surface area (Å²) < 4.78 is 5.28. The lowest BCUT2D eigenvalue weighted by Crippen LogP contribution is -2.17. The summed E-state index contributed by atoms with van der Waals surface area (Å²) in [6.45, 7) is 1.26. The number of pyridine rings is 1. The first-order valence-electron chi connectivity index (χ1n) is 6.88. The minimum absolute atomic E-state index is 0.502. The van der Waals surface area contributed by atoms with Gasteiger partial charge in [-0.2, -0.15) is 4.98 Å². The highest BCUT2D eigenvalue weighted by atomic mass is 35.5. The van der Waals surface area contributed by atoms with E-state index >= 15 is 0 Å². The van der Waals surface area contributed by atoms with Crippen molar-refractivity contribution in [2.45, 2.75) is 13.1 Å². The third-order valence-electron chi connectivity index (χ3n) is 3.17. The molecule has 3 rings (SSSR count). The molecule has 2 aromatic heterocycles. The van der Waals surface area contributed by atoms with Gasteiger partial charge in [-0.1, -0.05) is 41.0 Å². The molecule has 6 heteroatoms. The quantitative estimate of drug-likeness (QED) is 0.722. The molecule has 0 N–H and O–H groups in total. The fourth-order valence-electron chi connectivity index (χ4n) is 2.12. The fourth-order valence-corrected chi connectivity index (χ4v) is 2.32. The molecule has 0 saturated carbocycles. The summed E-state index contributed by atoms with van der Waals surface area (Å²) in [5.74, 6) is 1.05. The van der Waals surface area contributed by atoms with Crippen LogP contribution in [-0.2, 0) is 13.1 Å². The number of aromatic nitrogens is 3. The molecule has 3 aromatic rings. The summed E-state index contributed by atoms with van der Waals surface area (Å²) in [7, 11) is 1.98. The summed E-state index contributed by atoms with van der Waals surface area (Å²) in [6.07, 6.45) is 1.70. The predicted octanol–water partition coefficient (Wildman–Crippen LogP) is 3.42. The van der Waals surface area contributed by atoms with E-state index in [9.17, 15) is 0 Å². The average Bonchev–Trinajstić information content (AvgIpc) is 2.99. The van der Waals surface area contributed by atoms with Crippen molar-refractivity contribution < 1.29 is 4.52 Å². The monoisotopic (exact) mass is 314 g/mol. The van der Waals surface area contributed by atoms with Gasteiger partial charge in [-0.05, 0) is 30.8 Å². The van der Waals surface area contributed by atoms with Gasteiger partial charge in [0.2, 0.25) is 11.7 Å². The molecule has 1 aromatic carbocycles. The van der Waals surface area contributed by atoms with Crippen molar-refractivity contribution in [3.8, 4) is 11.5 Å².